The third-order valence-electron chi connectivity index (χ3n) is 4.42. The van der Waals surface area contributed by atoms with Gasteiger partial charge >= 0.3 is 0 Å². The van der Waals surface area contributed by atoms with E-state index >= 15 is 0 Å². The van der Waals surface area contributed by atoms with Crippen molar-refractivity contribution in [1.29, 1.82) is 0 Å². The van der Waals surface area contributed by atoms with Crippen LogP contribution in [-0.4, -0.2) is 18.8 Å². The third kappa shape index (κ3) is 4.32. The van der Waals surface area contributed by atoms with Crippen molar-refractivity contribution in [2.24, 2.45) is 11.7 Å². The molecule has 1 aliphatic carbocycles. The first-order valence-corrected chi connectivity index (χ1v) is 7.62. The van der Waals surface area contributed by atoms with Crippen molar-refractivity contribution in [2.45, 2.75) is 51.0 Å². The number of hydrogen-bond donors (Lipinski definition) is 1. The van der Waals surface area contributed by atoms with E-state index in [-0.39, 0.29) is 5.60 Å². The normalized spacial score (nSPS) is 27.4. The van der Waals surface area contributed by atoms with E-state index < -0.39 is 0 Å². The Balaban J connectivity index is 1.72. The van der Waals surface area contributed by atoms with Crippen LogP contribution in [0.3, 0.4) is 0 Å². The Morgan fingerprint density at radius 2 is 1.89 bits per heavy atom. The van der Waals surface area contributed by atoms with Gasteiger partial charge in [0.1, 0.15) is 0 Å². The van der Waals surface area contributed by atoms with E-state index in [0.717, 1.165) is 38.2 Å². The summed E-state index contributed by atoms with van der Waals surface area (Å²) in [7, 11) is 0. The lowest BCUT2D eigenvalue weighted by atomic mass is 9.79. The van der Waals surface area contributed by atoms with Crippen LogP contribution in [0.2, 0.25) is 0 Å². The molecule has 0 amide bonds. The molecule has 0 heterocycles. The first-order chi connectivity index (χ1) is 9.24. The Morgan fingerprint density at radius 1 is 1.21 bits per heavy atom. The highest BCUT2D eigenvalue weighted by atomic mass is 16.5. The van der Waals surface area contributed by atoms with Gasteiger partial charge in [-0.15, -0.1) is 0 Å². The standard InChI is InChI=1S/C17H27NO/c1-15-9-11-17(14-18,12-10-15)19-13-5-8-16-6-3-2-4-7-16/h2-4,6-7,15H,5,8-14,18H2,1H3. The fourth-order valence-corrected chi connectivity index (χ4v) is 2.91. The molecule has 1 fully saturated rings. The summed E-state index contributed by atoms with van der Waals surface area (Å²) >= 11 is 0. The molecule has 0 aliphatic heterocycles. The Labute approximate surface area is 117 Å². The van der Waals surface area contributed by atoms with Crippen LogP contribution in [0.15, 0.2) is 30.3 Å². The Hall–Kier alpha value is -0.860. The van der Waals surface area contributed by atoms with Gasteiger partial charge in [0, 0.05) is 13.2 Å². The maximum absolute atomic E-state index is 6.16. The molecular formula is C17H27NO. The highest BCUT2D eigenvalue weighted by Crippen LogP contribution is 2.34. The van der Waals surface area contributed by atoms with Crippen molar-refractivity contribution in [2.75, 3.05) is 13.2 Å². The van der Waals surface area contributed by atoms with E-state index in [2.05, 4.69) is 37.3 Å². The summed E-state index contributed by atoms with van der Waals surface area (Å²) in [6.07, 6.45) is 6.97. The Kier molecular flexibility index (Phi) is 5.41. The van der Waals surface area contributed by atoms with Gasteiger partial charge < -0.3 is 10.5 Å². The van der Waals surface area contributed by atoms with Gasteiger partial charge in [-0.3, -0.25) is 0 Å². The molecule has 1 aromatic rings. The van der Waals surface area contributed by atoms with Crippen molar-refractivity contribution in [3.63, 3.8) is 0 Å². The van der Waals surface area contributed by atoms with Gasteiger partial charge in [-0.2, -0.15) is 0 Å². The fourth-order valence-electron chi connectivity index (χ4n) is 2.91. The third-order valence-corrected chi connectivity index (χ3v) is 4.42. The maximum Gasteiger partial charge on any atom is 0.0804 e. The monoisotopic (exact) mass is 261 g/mol. The summed E-state index contributed by atoms with van der Waals surface area (Å²) in [5.41, 5.74) is 7.32. The zero-order valence-electron chi connectivity index (χ0n) is 12.1. The molecule has 19 heavy (non-hydrogen) atoms. The average molecular weight is 261 g/mol. The smallest absolute Gasteiger partial charge is 0.0804 e. The van der Waals surface area contributed by atoms with Crippen molar-refractivity contribution in [1.82, 2.24) is 0 Å². The number of benzene rings is 1. The van der Waals surface area contributed by atoms with Gasteiger partial charge in [0.25, 0.3) is 0 Å². The summed E-state index contributed by atoms with van der Waals surface area (Å²) in [5, 5.41) is 0. The molecule has 0 atom stereocenters. The second kappa shape index (κ2) is 7.06. The van der Waals surface area contributed by atoms with E-state index in [4.69, 9.17) is 10.5 Å². The quantitative estimate of drug-likeness (QED) is 0.795. The lowest BCUT2D eigenvalue weighted by Gasteiger charge is -2.38. The van der Waals surface area contributed by atoms with Gasteiger partial charge in [-0.25, -0.2) is 0 Å². The van der Waals surface area contributed by atoms with Crippen LogP contribution in [0, 0.1) is 5.92 Å². The number of aryl methyl sites for hydroxylation is 1. The molecule has 2 rings (SSSR count). The predicted octanol–water partition coefficient (Wildman–Crippen LogP) is 3.54. The first-order valence-electron chi connectivity index (χ1n) is 7.62. The molecule has 0 radical (unpaired) electrons. The number of rotatable bonds is 6. The largest absolute Gasteiger partial charge is 0.374 e. The molecular weight excluding hydrogens is 234 g/mol. The summed E-state index contributed by atoms with van der Waals surface area (Å²) in [6, 6.07) is 10.6. The molecule has 0 bridgehead atoms. The van der Waals surface area contributed by atoms with Crippen molar-refractivity contribution in [3.05, 3.63) is 35.9 Å². The molecule has 1 saturated carbocycles. The van der Waals surface area contributed by atoms with Crippen LogP contribution in [0.5, 0.6) is 0 Å². The summed E-state index contributed by atoms with van der Waals surface area (Å²) in [4.78, 5) is 0. The minimum absolute atomic E-state index is 0.0246. The molecule has 0 aromatic heterocycles. The fraction of sp³-hybridized carbons (Fsp3) is 0.647. The number of ether oxygens (including phenoxy) is 1. The molecule has 1 aliphatic rings. The van der Waals surface area contributed by atoms with E-state index in [0.29, 0.717) is 6.54 Å². The van der Waals surface area contributed by atoms with Crippen LogP contribution >= 0.6 is 0 Å². The lowest BCUT2D eigenvalue weighted by molar-refractivity contribution is -0.0706. The van der Waals surface area contributed by atoms with Crippen LogP contribution in [0.25, 0.3) is 0 Å². The summed E-state index contributed by atoms with van der Waals surface area (Å²) < 4.78 is 6.16. The van der Waals surface area contributed by atoms with Crippen molar-refractivity contribution in [3.8, 4) is 0 Å². The molecule has 2 nitrogen and oxygen atoms in total. The van der Waals surface area contributed by atoms with Crippen LogP contribution in [0.4, 0.5) is 0 Å². The molecule has 0 unspecified atom stereocenters. The second-order valence-corrected chi connectivity index (χ2v) is 6.01. The zero-order chi connectivity index (χ0) is 13.6. The molecule has 2 heteroatoms. The van der Waals surface area contributed by atoms with Gasteiger partial charge in [0.15, 0.2) is 0 Å². The summed E-state index contributed by atoms with van der Waals surface area (Å²) in [5.74, 6) is 0.840. The average Bonchev–Trinajstić information content (AvgIpc) is 2.47. The number of nitrogens with two attached hydrogens (primary N) is 1. The molecule has 0 saturated heterocycles. The molecule has 1 aromatic carbocycles. The van der Waals surface area contributed by atoms with E-state index in [1.807, 2.05) is 0 Å². The van der Waals surface area contributed by atoms with E-state index in [9.17, 15) is 0 Å². The van der Waals surface area contributed by atoms with Gasteiger partial charge in [0.2, 0.25) is 0 Å². The predicted molar refractivity (Wildman–Crippen MR) is 80.1 cm³/mol. The lowest BCUT2D eigenvalue weighted by Crippen LogP contribution is -2.44. The highest BCUT2D eigenvalue weighted by molar-refractivity contribution is 5.14. The Morgan fingerprint density at radius 3 is 2.53 bits per heavy atom. The zero-order valence-corrected chi connectivity index (χ0v) is 12.1. The number of hydrogen-bond acceptors (Lipinski definition) is 2. The van der Waals surface area contributed by atoms with Crippen LogP contribution in [0.1, 0.15) is 44.6 Å². The van der Waals surface area contributed by atoms with Crippen molar-refractivity contribution < 1.29 is 4.74 Å². The maximum atomic E-state index is 6.16. The second-order valence-electron chi connectivity index (χ2n) is 6.01. The van der Waals surface area contributed by atoms with E-state index in [1.165, 1.54) is 18.4 Å². The van der Waals surface area contributed by atoms with Gasteiger partial charge in [0.05, 0.1) is 5.60 Å². The van der Waals surface area contributed by atoms with E-state index in [1.54, 1.807) is 0 Å². The van der Waals surface area contributed by atoms with Crippen LogP contribution in [-0.2, 0) is 11.2 Å². The Bertz CT molecular complexity index is 355. The first kappa shape index (κ1) is 14.5. The minimum Gasteiger partial charge on any atom is -0.374 e. The topological polar surface area (TPSA) is 35.2 Å². The molecule has 2 N–H and O–H groups in total. The minimum atomic E-state index is -0.0246. The van der Waals surface area contributed by atoms with Crippen LogP contribution < -0.4 is 5.73 Å². The van der Waals surface area contributed by atoms with Gasteiger partial charge in [-0.05, 0) is 50.0 Å². The van der Waals surface area contributed by atoms with Gasteiger partial charge in [-0.1, -0.05) is 37.3 Å². The summed E-state index contributed by atoms with van der Waals surface area (Å²) in [6.45, 7) is 3.83. The molecule has 0 spiro atoms. The molecule has 106 valence electrons. The highest BCUT2D eigenvalue weighted by Gasteiger charge is 2.33. The van der Waals surface area contributed by atoms with Crippen molar-refractivity contribution >= 4 is 0 Å². The SMILES string of the molecule is CC1CCC(CN)(OCCCc2ccccc2)CC1.